The van der Waals surface area contributed by atoms with Gasteiger partial charge in [-0.1, -0.05) is 11.3 Å². The van der Waals surface area contributed by atoms with Gasteiger partial charge in [0.25, 0.3) is 5.06 Å². The molecule has 2 aromatic heterocycles. The Morgan fingerprint density at radius 3 is 2.68 bits per heavy atom. The molecule has 100 valence electrons. The minimum atomic E-state index is -0.568. The molecule has 0 aromatic carbocycles. The van der Waals surface area contributed by atoms with Crippen molar-refractivity contribution in [3.63, 3.8) is 0 Å². The summed E-state index contributed by atoms with van der Waals surface area (Å²) in [4.78, 5) is 21.9. The second kappa shape index (κ2) is 4.81. The number of thiophene rings is 1. The summed E-state index contributed by atoms with van der Waals surface area (Å²) in [6.07, 6.45) is 0. The van der Waals surface area contributed by atoms with E-state index in [2.05, 4.69) is 5.10 Å². The Bertz CT molecular complexity index is 659. The Kier molecular flexibility index (Phi) is 3.34. The van der Waals surface area contributed by atoms with Gasteiger partial charge in [0.1, 0.15) is 0 Å². The highest BCUT2D eigenvalue weighted by Crippen LogP contribution is 2.39. The van der Waals surface area contributed by atoms with Crippen LogP contribution in [-0.4, -0.2) is 20.5 Å². The maximum atomic E-state index is 11.3. The van der Waals surface area contributed by atoms with Crippen LogP contribution in [0.15, 0.2) is 12.1 Å². The van der Waals surface area contributed by atoms with Crippen molar-refractivity contribution < 1.29 is 14.5 Å². The van der Waals surface area contributed by atoms with Crippen LogP contribution in [0.25, 0.3) is 0 Å². The van der Waals surface area contributed by atoms with E-state index < -0.39 is 4.92 Å². The number of hydrogen-bond acceptors (Lipinski definition) is 6. The first-order valence-electron chi connectivity index (χ1n) is 5.36. The van der Waals surface area contributed by atoms with Crippen LogP contribution in [0.1, 0.15) is 22.3 Å². The number of ketones is 1. The number of Topliss-reactive ketones (excluding diaryl/α,β-unsaturated/α-hetero) is 1. The summed E-state index contributed by atoms with van der Waals surface area (Å²) in [5.41, 5.74) is 0.526. The Morgan fingerprint density at radius 2 is 2.21 bits per heavy atom. The van der Waals surface area contributed by atoms with E-state index in [0.29, 0.717) is 10.8 Å². The standard InChI is InChI=1S/C11H11N3O4S/c1-6-4-10(13(3)12-6)18-11-8(14(16)17)5-9(19-11)7(2)15/h4-5H,1-3H3. The lowest BCUT2D eigenvalue weighted by molar-refractivity contribution is -0.385. The van der Waals surface area contributed by atoms with Gasteiger partial charge in [-0.3, -0.25) is 14.9 Å². The summed E-state index contributed by atoms with van der Waals surface area (Å²) in [7, 11) is 1.67. The van der Waals surface area contributed by atoms with Crippen molar-refractivity contribution in [3.05, 3.63) is 32.8 Å². The lowest BCUT2D eigenvalue weighted by Crippen LogP contribution is -1.95. The molecule has 19 heavy (non-hydrogen) atoms. The van der Waals surface area contributed by atoms with Gasteiger partial charge in [0, 0.05) is 19.2 Å². The first-order chi connectivity index (χ1) is 8.88. The van der Waals surface area contributed by atoms with Crippen molar-refractivity contribution in [2.45, 2.75) is 13.8 Å². The van der Waals surface area contributed by atoms with Gasteiger partial charge in [0.2, 0.25) is 5.88 Å². The number of nitrogens with zero attached hydrogens (tertiary/aromatic N) is 3. The van der Waals surface area contributed by atoms with E-state index in [1.54, 1.807) is 20.0 Å². The van der Waals surface area contributed by atoms with Gasteiger partial charge in [-0.25, -0.2) is 4.68 Å². The average Bonchev–Trinajstić information content (AvgIpc) is 2.84. The van der Waals surface area contributed by atoms with Crippen LogP contribution in [0.3, 0.4) is 0 Å². The zero-order chi connectivity index (χ0) is 14.2. The van der Waals surface area contributed by atoms with Crippen molar-refractivity contribution in [2.24, 2.45) is 7.05 Å². The fourth-order valence-corrected chi connectivity index (χ4v) is 2.40. The highest BCUT2D eigenvalue weighted by atomic mass is 32.1. The third-order valence-corrected chi connectivity index (χ3v) is 3.48. The molecule has 0 N–H and O–H groups in total. The highest BCUT2D eigenvalue weighted by Gasteiger charge is 2.23. The van der Waals surface area contributed by atoms with E-state index in [9.17, 15) is 14.9 Å². The quantitative estimate of drug-likeness (QED) is 0.488. The molecule has 2 aromatic rings. The molecular weight excluding hydrogens is 270 g/mol. The molecule has 0 atom stereocenters. The lowest BCUT2D eigenvalue weighted by atomic mass is 10.3. The minimum Gasteiger partial charge on any atom is -0.421 e. The highest BCUT2D eigenvalue weighted by molar-refractivity contribution is 7.16. The van der Waals surface area contributed by atoms with Crippen LogP contribution in [0.5, 0.6) is 10.9 Å². The Balaban J connectivity index is 2.41. The predicted molar refractivity (Wildman–Crippen MR) is 69.0 cm³/mol. The molecule has 0 fully saturated rings. The molecular formula is C11H11N3O4S. The van der Waals surface area contributed by atoms with Crippen LogP contribution >= 0.6 is 11.3 Å². The molecule has 0 saturated carbocycles. The first kappa shape index (κ1) is 13.2. The maximum Gasteiger partial charge on any atom is 0.323 e. The van der Waals surface area contributed by atoms with Crippen LogP contribution in [0.2, 0.25) is 0 Å². The van der Waals surface area contributed by atoms with Crippen molar-refractivity contribution in [3.8, 4) is 10.9 Å². The maximum absolute atomic E-state index is 11.3. The van der Waals surface area contributed by atoms with Gasteiger partial charge in [-0.2, -0.15) is 5.10 Å². The van der Waals surface area contributed by atoms with E-state index in [1.165, 1.54) is 17.7 Å². The van der Waals surface area contributed by atoms with Gasteiger partial charge < -0.3 is 4.74 Å². The van der Waals surface area contributed by atoms with Crippen molar-refractivity contribution in [2.75, 3.05) is 0 Å². The first-order valence-corrected chi connectivity index (χ1v) is 6.18. The largest absolute Gasteiger partial charge is 0.421 e. The second-order valence-corrected chi connectivity index (χ2v) is 4.96. The molecule has 0 unspecified atom stereocenters. The van der Waals surface area contributed by atoms with Crippen LogP contribution in [0, 0.1) is 17.0 Å². The van der Waals surface area contributed by atoms with E-state index in [1.807, 2.05) is 0 Å². The summed E-state index contributed by atoms with van der Waals surface area (Å²) in [5.74, 6) is 0.154. The number of rotatable bonds is 4. The summed E-state index contributed by atoms with van der Waals surface area (Å²) < 4.78 is 6.96. The van der Waals surface area contributed by atoms with Gasteiger partial charge in [-0.15, -0.1) is 0 Å². The van der Waals surface area contributed by atoms with Crippen LogP contribution in [0.4, 0.5) is 5.69 Å². The van der Waals surface area contributed by atoms with Crippen LogP contribution < -0.4 is 4.74 Å². The molecule has 2 rings (SSSR count). The number of aromatic nitrogens is 2. The molecule has 0 aliphatic rings. The summed E-state index contributed by atoms with van der Waals surface area (Å²) in [6.45, 7) is 3.14. The minimum absolute atomic E-state index is 0.0817. The summed E-state index contributed by atoms with van der Waals surface area (Å²) >= 11 is 0.954. The molecule has 0 saturated heterocycles. The molecule has 8 heteroatoms. The number of nitro groups is 1. The van der Waals surface area contributed by atoms with Gasteiger partial charge in [0.05, 0.1) is 15.5 Å². The molecule has 0 bridgehead atoms. The molecule has 0 amide bonds. The van der Waals surface area contributed by atoms with Crippen molar-refractivity contribution in [1.29, 1.82) is 0 Å². The third kappa shape index (κ3) is 2.63. The van der Waals surface area contributed by atoms with E-state index in [-0.39, 0.29) is 16.5 Å². The van der Waals surface area contributed by atoms with Gasteiger partial charge >= 0.3 is 5.69 Å². The van der Waals surface area contributed by atoms with Crippen molar-refractivity contribution >= 4 is 22.8 Å². The average molecular weight is 281 g/mol. The monoisotopic (exact) mass is 281 g/mol. The molecule has 0 spiro atoms. The topological polar surface area (TPSA) is 87.3 Å². The smallest absolute Gasteiger partial charge is 0.323 e. The molecule has 7 nitrogen and oxygen atoms in total. The second-order valence-electron chi connectivity index (χ2n) is 3.95. The fourth-order valence-electron chi connectivity index (χ4n) is 1.52. The lowest BCUT2D eigenvalue weighted by Gasteiger charge is -2.01. The Labute approximate surface area is 112 Å². The van der Waals surface area contributed by atoms with Crippen molar-refractivity contribution in [1.82, 2.24) is 9.78 Å². The van der Waals surface area contributed by atoms with E-state index in [4.69, 9.17) is 4.74 Å². The molecule has 2 heterocycles. The zero-order valence-corrected chi connectivity index (χ0v) is 11.4. The van der Waals surface area contributed by atoms with E-state index >= 15 is 0 Å². The number of ether oxygens (including phenoxy) is 1. The molecule has 0 radical (unpaired) electrons. The van der Waals surface area contributed by atoms with E-state index in [0.717, 1.165) is 17.0 Å². The number of hydrogen-bond donors (Lipinski definition) is 0. The Morgan fingerprint density at radius 1 is 1.53 bits per heavy atom. The molecule has 0 aliphatic carbocycles. The SMILES string of the molecule is CC(=O)c1cc([N+](=O)[O-])c(Oc2cc(C)nn2C)s1. The summed E-state index contributed by atoms with van der Waals surface area (Å²) in [6, 6.07) is 2.89. The predicted octanol–water partition coefficient (Wildman–Crippen LogP) is 2.69. The normalized spacial score (nSPS) is 10.5. The van der Waals surface area contributed by atoms with Gasteiger partial charge in [-0.05, 0) is 13.8 Å². The zero-order valence-electron chi connectivity index (χ0n) is 10.5. The Hall–Kier alpha value is -2.22. The number of aryl methyl sites for hydroxylation is 2. The number of carbonyl (C=O) groups excluding carboxylic acids is 1. The van der Waals surface area contributed by atoms with Crippen LogP contribution in [-0.2, 0) is 7.05 Å². The van der Waals surface area contributed by atoms with Gasteiger partial charge in [0.15, 0.2) is 5.78 Å². The third-order valence-electron chi connectivity index (χ3n) is 2.38. The summed E-state index contributed by atoms with van der Waals surface area (Å²) in [5, 5.41) is 15.1. The fraction of sp³-hybridized carbons (Fsp3) is 0.273. The number of carbonyl (C=O) groups is 1. The molecule has 0 aliphatic heterocycles.